The molecule has 3 heterocycles. The molecule has 0 spiro atoms. The van der Waals surface area contributed by atoms with E-state index >= 15 is 0 Å². The maximum absolute atomic E-state index is 13.7. The van der Waals surface area contributed by atoms with Crippen LogP contribution in [-0.4, -0.2) is 84.8 Å². The van der Waals surface area contributed by atoms with Crippen LogP contribution in [0.3, 0.4) is 0 Å². The average molecular weight is 579 g/mol. The molecule has 0 bridgehead atoms. The second-order valence-electron chi connectivity index (χ2n) is 12.4. The van der Waals surface area contributed by atoms with Gasteiger partial charge in [-0.3, -0.25) is 14.4 Å². The zero-order valence-corrected chi connectivity index (χ0v) is 25.6. The number of hydrogen-bond donors (Lipinski definition) is 0. The number of piperidine rings is 1. The fourth-order valence-corrected chi connectivity index (χ4v) is 7.07. The first kappa shape index (κ1) is 29.6. The summed E-state index contributed by atoms with van der Waals surface area (Å²) in [6, 6.07) is 11.9. The summed E-state index contributed by atoms with van der Waals surface area (Å²) in [6.07, 6.45) is 2.26. The highest BCUT2D eigenvalue weighted by molar-refractivity contribution is 6.31. The van der Waals surface area contributed by atoms with Gasteiger partial charge in [-0.1, -0.05) is 35.4 Å². The molecule has 3 aliphatic rings. The first-order valence-electron chi connectivity index (χ1n) is 15.0. The third-order valence-electron chi connectivity index (χ3n) is 9.34. The molecule has 2 aromatic carbocycles. The molecule has 41 heavy (non-hydrogen) atoms. The Labute approximate surface area is 249 Å². The van der Waals surface area contributed by atoms with Gasteiger partial charge < -0.3 is 19.6 Å². The monoisotopic (exact) mass is 578 g/mol. The Bertz CT molecular complexity index is 1290. The summed E-state index contributed by atoms with van der Waals surface area (Å²) < 4.78 is 0. The molecule has 0 radical (unpaired) electrons. The first-order valence-corrected chi connectivity index (χ1v) is 15.4. The number of hydrogen-bond acceptors (Lipinski definition) is 4. The number of rotatable bonds is 7. The van der Waals surface area contributed by atoms with E-state index in [2.05, 4.69) is 17.9 Å². The lowest BCUT2D eigenvalue weighted by Gasteiger charge is -2.34. The number of nitrogens with zero attached hydrogens (tertiary/aromatic N) is 4. The van der Waals surface area contributed by atoms with Crippen molar-refractivity contribution in [3.8, 4) is 0 Å². The van der Waals surface area contributed by atoms with Crippen LogP contribution >= 0.6 is 11.6 Å². The minimum Gasteiger partial charge on any atom is -0.343 e. The van der Waals surface area contributed by atoms with E-state index in [0.717, 1.165) is 61.5 Å². The highest BCUT2D eigenvalue weighted by Crippen LogP contribution is 2.33. The summed E-state index contributed by atoms with van der Waals surface area (Å²) in [4.78, 5) is 47.0. The molecule has 2 atom stereocenters. The van der Waals surface area contributed by atoms with Crippen molar-refractivity contribution in [2.24, 2.45) is 17.8 Å². The lowest BCUT2D eigenvalue weighted by molar-refractivity contribution is -0.133. The minimum absolute atomic E-state index is 0.0752. The SMILES string of the molecule is CC(=O)N1CCC(C(=O)N(CCCN2CC3CN(C(=O)c4ccc(C)cc4C)CC3C2)c2ccc(C)c(Cl)c2)CC1. The molecular weight excluding hydrogens is 536 g/mol. The van der Waals surface area contributed by atoms with E-state index in [-0.39, 0.29) is 23.6 Å². The lowest BCUT2D eigenvalue weighted by atomic mass is 9.94. The van der Waals surface area contributed by atoms with Crippen LogP contribution in [0.4, 0.5) is 5.69 Å². The number of fused-ring (bicyclic) bond motifs is 1. The molecule has 2 aromatic rings. The normalized spacial score (nSPS) is 21.3. The predicted molar refractivity (Wildman–Crippen MR) is 163 cm³/mol. The molecule has 220 valence electrons. The van der Waals surface area contributed by atoms with Crippen molar-refractivity contribution in [3.63, 3.8) is 0 Å². The Kier molecular flexibility index (Phi) is 9.05. The minimum atomic E-state index is -0.0856. The zero-order valence-electron chi connectivity index (χ0n) is 24.9. The van der Waals surface area contributed by atoms with E-state index in [1.807, 2.05) is 58.9 Å². The smallest absolute Gasteiger partial charge is 0.254 e. The van der Waals surface area contributed by atoms with Crippen molar-refractivity contribution in [1.82, 2.24) is 14.7 Å². The number of benzene rings is 2. The standard InChI is InChI=1S/C33H43ClN4O3/c1-22-6-9-30(24(3)16-22)33(41)37-20-27-18-35(19-28(27)21-37)12-5-13-38(29-8-7-23(2)31(34)17-29)32(40)26-10-14-36(15-11-26)25(4)39/h6-9,16-17,26-28H,5,10-15,18-21H2,1-4H3. The molecule has 2 unspecified atom stereocenters. The molecule has 3 fully saturated rings. The first-order chi connectivity index (χ1) is 19.6. The van der Waals surface area contributed by atoms with Crippen molar-refractivity contribution in [1.29, 1.82) is 0 Å². The Morgan fingerprint density at radius 3 is 2.17 bits per heavy atom. The van der Waals surface area contributed by atoms with E-state index in [0.29, 0.717) is 49.3 Å². The fourth-order valence-electron chi connectivity index (χ4n) is 6.89. The third kappa shape index (κ3) is 6.62. The van der Waals surface area contributed by atoms with Crippen molar-refractivity contribution < 1.29 is 14.4 Å². The van der Waals surface area contributed by atoms with Crippen molar-refractivity contribution in [2.45, 2.75) is 47.0 Å². The van der Waals surface area contributed by atoms with Crippen LogP contribution in [0.15, 0.2) is 36.4 Å². The Hall–Kier alpha value is -2.90. The molecule has 0 N–H and O–H groups in total. The van der Waals surface area contributed by atoms with E-state index in [9.17, 15) is 14.4 Å². The van der Waals surface area contributed by atoms with Crippen LogP contribution in [0, 0.1) is 38.5 Å². The van der Waals surface area contributed by atoms with Crippen LogP contribution in [0.2, 0.25) is 5.02 Å². The number of carbonyl (C=O) groups is 3. The highest BCUT2D eigenvalue weighted by Gasteiger charge is 2.41. The van der Waals surface area contributed by atoms with Crippen molar-refractivity contribution in [3.05, 3.63) is 63.7 Å². The van der Waals surface area contributed by atoms with E-state index < -0.39 is 0 Å². The number of likely N-dealkylation sites (tertiary alicyclic amines) is 3. The predicted octanol–water partition coefficient (Wildman–Crippen LogP) is 4.95. The summed E-state index contributed by atoms with van der Waals surface area (Å²) in [5, 5.41) is 0.666. The van der Waals surface area contributed by atoms with Gasteiger partial charge in [0.15, 0.2) is 0 Å². The van der Waals surface area contributed by atoms with Gasteiger partial charge in [0, 0.05) is 74.9 Å². The van der Waals surface area contributed by atoms with Crippen LogP contribution in [-0.2, 0) is 9.59 Å². The number of anilines is 1. The molecule has 0 aliphatic carbocycles. The quantitative estimate of drug-likeness (QED) is 0.466. The third-order valence-corrected chi connectivity index (χ3v) is 9.75. The van der Waals surface area contributed by atoms with Gasteiger partial charge in [0.25, 0.3) is 5.91 Å². The van der Waals surface area contributed by atoms with Crippen molar-refractivity contribution in [2.75, 3.05) is 57.3 Å². The van der Waals surface area contributed by atoms with Gasteiger partial charge in [-0.05, 0) is 87.7 Å². The molecule has 0 saturated carbocycles. The molecule has 3 aliphatic heterocycles. The van der Waals surface area contributed by atoms with E-state index in [1.54, 1.807) is 6.92 Å². The zero-order chi connectivity index (χ0) is 29.3. The second-order valence-corrected chi connectivity index (χ2v) is 12.8. The van der Waals surface area contributed by atoms with Crippen LogP contribution in [0.5, 0.6) is 0 Å². The molecule has 8 heteroatoms. The molecular formula is C33H43ClN4O3. The van der Waals surface area contributed by atoms with E-state index in [4.69, 9.17) is 11.6 Å². The summed E-state index contributed by atoms with van der Waals surface area (Å²) in [5.74, 6) is 1.29. The van der Waals surface area contributed by atoms with Crippen LogP contribution in [0.1, 0.15) is 53.2 Å². The van der Waals surface area contributed by atoms with E-state index in [1.165, 1.54) is 5.56 Å². The second kappa shape index (κ2) is 12.5. The summed E-state index contributed by atoms with van der Waals surface area (Å²) in [7, 11) is 0. The highest BCUT2D eigenvalue weighted by atomic mass is 35.5. The maximum Gasteiger partial charge on any atom is 0.254 e. The van der Waals surface area contributed by atoms with Gasteiger partial charge in [-0.15, -0.1) is 0 Å². The Morgan fingerprint density at radius 1 is 0.878 bits per heavy atom. The van der Waals surface area contributed by atoms with Gasteiger partial charge in [0.2, 0.25) is 11.8 Å². The maximum atomic E-state index is 13.7. The Morgan fingerprint density at radius 2 is 1.56 bits per heavy atom. The molecule has 5 rings (SSSR count). The fraction of sp³-hybridized carbons (Fsp3) is 0.545. The largest absolute Gasteiger partial charge is 0.343 e. The summed E-state index contributed by atoms with van der Waals surface area (Å²) in [5.41, 5.74) is 4.88. The molecule has 7 nitrogen and oxygen atoms in total. The topological polar surface area (TPSA) is 64.2 Å². The summed E-state index contributed by atoms with van der Waals surface area (Å²) in [6.45, 7) is 14.1. The number of carbonyl (C=O) groups excluding carboxylic acids is 3. The number of halogens is 1. The lowest BCUT2D eigenvalue weighted by Crippen LogP contribution is -2.44. The van der Waals surface area contributed by atoms with Gasteiger partial charge in [0.05, 0.1) is 0 Å². The summed E-state index contributed by atoms with van der Waals surface area (Å²) >= 11 is 6.46. The van der Waals surface area contributed by atoms with Gasteiger partial charge in [-0.25, -0.2) is 0 Å². The van der Waals surface area contributed by atoms with Gasteiger partial charge in [0.1, 0.15) is 0 Å². The molecule has 0 aromatic heterocycles. The number of aryl methyl sites for hydroxylation is 3. The molecule has 3 amide bonds. The molecule has 3 saturated heterocycles. The van der Waals surface area contributed by atoms with Crippen LogP contribution in [0.25, 0.3) is 0 Å². The Balaban J connectivity index is 1.16. The van der Waals surface area contributed by atoms with Crippen molar-refractivity contribution >= 4 is 35.0 Å². The van der Waals surface area contributed by atoms with Gasteiger partial charge in [-0.2, -0.15) is 0 Å². The van der Waals surface area contributed by atoms with Gasteiger partial charge >= 0.3 is 0 Å². The number of amides is 3. The average Bonchev–Trinajstić information content (AvgIpc) is 3.51. The van der Waals surface area contributed by atoms with Crippen LogP contribution < -0.4 is 4.90 Å².